The predicted octanol–water partition coefficient (Wildman–Crippen LogP) is 2.49. The van der Waals surface area contributed by atoms with E-state index in [1.165, 1.54) is 17.7 Å². The van der Waals surface area contributed by atoms with Gasteiger partial charge in [0.2, 0.25) is 0 Å². The van der Waals surface area contributed by atoms with Gasteiger partial charge in [-0.05, 0) is 36.9 Å². The second-order valence-corrected chi connectivity index (χ2v) is 5.66. The molecule has 3 rings (SSSR count). The average Bonchev–Trinajstić information content (AvgIpc) is 2.39. The van der Waals surface area contributed by atoms with Crippen molar-refractivity contribution >= 4 is 17.3 Å². The van der Waals surface area contributed by atoms with Crippen molar-refractivity contribution in [1.29, 1.82) is 0 Å². The Morgan fingerprint density at radius 2 is 2.28 bits per heavy atom. The minimum absolute atomic E-state index is 0.575. The third-order valence-corrected chi connectivity index (χ3v) is 4.52. The van der Waals surface area contributed by atoms with Crippen LogP contribution < -0.4 is 15.0 Å². The summed E-state index contributed by atoms with van der Waals surface area (Å²) in [6.07, 6.45) is 1.17. The quantitative estimate of drug-likeness (QED) is 0.845. The summed E-state index contributed by atoms with van der Waals surface area (Å²) in [4.78, 5) is 2.27. The molecule has 0 spiro atoms. The van der Waals surface area contributed by atoms with E-state index < -0.39 is 0 Å². The Bertz CT molecular complexity index is 463. The van der Waals surface area contributed by atoms with E-state index in [2.05, 4.69) is 17.3 Å². The van der Waals surface area contributed by atoms with Crippen LogP contribution in [0.5, 0.6) is 5.75 Å². The van der Waals surface area contributed by atoms with E-state index in [-0.39, 0.29) is 0 Å². The van der Waals surface area contributed by atoms with E-state index in [0.717, 1.165) is 30.4 Å². The Hall–Kier alpha value is -0.930. The number of halogens is 1. The lowest BCUT2D eigenvalue weighted by molar-refractivity contribution is 0.307. The van der Waals surface area contributed by atoms with Crippen molar-refractivity contribution in [2.45, 2.75) is 12.3 Å². The zero-order chi connectivity index (χ0) is 12.7. The van der Waals surface area contributed by atoms with Gasteiger partial charge in [0.05, 0.1) is 17.8 Å². The molecule has 2 atom stereocenters. The number of piperidine rings is 1. The molecule has 18 heavy (non-hydrogen) atoms. The highest BCUT2D eigenvalue weighted by Gasteiger charge is 2.37. The third kappa shape index (κ3) is 1.77. The zero-order valence-corrected chi connectivity index (χ0v) is 11.6. The van der Waals surface area contributed by atoms with Gasteiger partial charge in [-0.15, -0.1) is 0 Å². The second kappa shape index (κ2) is 4.63. The minimum Gasteiger partial charge on any atom is -0.496 e. The third-order valence-electron chi connectivity index (χ3n) is 4.22. The predicted molar refractivity (Wildman–Crippen MR) is 75.0 cm³/mol. The van der Waals surface area contributed by atoms with Crippen LogP contribution in [0.25, 0.3) is 0 Å². The molecule has 1 saturated heterocycles. The van der Waals surface area contributed by atoms with Crippen molar-refractivity contribution in [3.05, 3.63) is 22.7 Å². The van der Waals surface area contributed by atoms with Crippen LogP contribution in [-0.4, -0.2) is 33.8 Å². The van der Waals surface area contributed by atoms with Crippen LogP contribution in [0.1, 0.15) is 17.9 Å². The first-order chi connectivity index (χ1) is 8.72. The molecule has 3 nitrogen and oxygen atoms in total. The molecule has 0 amide bonds. The number of nitrogens with zero attached hydrogens (tertiary/aromatic N) is 1. The van der Waals surface area contributed by atoms with Crippen molar-refractivity contribution < 1.29 is 4.74 Å². The van der Waals surface area contributed by atoms with E-state index in [9.17, 15) is 0 Å². The number of nitrogens with one attached hydrogen (secondary N) is 1. The molecule has 98 valence electrons. The molecule has 0 bridgehead atoms. The SMILES string of the molecule is COc1ccc(Cl)c2c1C1CCNCC1CN2C. The maximum absolute atomic E-state index is 6.38. The Labute approximate surface area is 113 Å². The van der Waals surface area contributed by atoms with Crippen LogP contribution in [0.15, 0.2) is 12.1 Å². The number of benzene rings is 1. The lowest BCUT2D eigenvalue weighted by Crippen LogP contribution is -2.45. The molecule has 2 unspecified atom stereocenters. The standard InChI is InChI=1S/C14H19ClN2O/c1-17-8-9-7-16-6-5-10(9)13-12(18-2)4-3-11(15)14(13)17/h3-4,9-10,16H,5-8H2,1-2H3. The largest absolute Gasteiger partial charge is 0.496 e. The fourth-order valence-electron chi connectivity index (χ4n) is 3.43. The van der Waals surface area contributed by atoms with Crippen LogP contribution in [0.2, 0.25) is 5.02 Å². The van der Waals surface area contributed by atoms with Gasteiger partial charge in [0.25, 0.3) is 0 Å². The summed E-state index contributed by atoms with van der Waals surface area (Å²) in [5, 5.41) is 4.33. The van der Waals surface area contributed by atoms with Crippen molar-refractivity contribution in [3.8, 4) is 5.75 Å². The molecule has 4 heteroatoms. The Morgan fingerprint density at radius 3 is 3.06 bits per heavy atom. The van der Waals surface area contributed by atoms with Crippen molar-refractivity contribution in [3.63, 3.8) is 0 Å². The molecule has 2 aliphatic rings. The number of anilines is 1. The topological polar surface area (TPSA) is 24.5 Å². The van der Waals surface area contributed by atoms with Gasteiger partial charge < -0.3 is 15.0 Å². The van der Waals surface area contributed by atoms with Gasteiger partial charge in [0, 0.05) is 25.7 Å². The summed E-state index contributed by atoms with van der Waals surface area (Å²) in [6, 6.07) is 3.94. The van der Waals surface area contributed by atoms with Gasteiger partial charge >= 0.3 is 0 Å². The molecular weight excluding hydrogens is 248 g/mol. The van der Waals surface area contributed by atoms with Gasteiger partial charge in [-0.3, -0.25) is 0 Å². The van der Waals surface area contributed by atoms with Crippen LogP contribution in [-0.2, 0) is 0 Å². The van der Waals surface area contributed by atoms with Crippen molar-refractivity contribution in [1.82, 2.24) is 5.32 Å². The van der Waals surface area contributed by atoms with Crippen molar-refractivity contribution in [2.75, 3.05) is 38.7 Å². The number of hydrogen-bond acceptors (Lipinski definition) is 3. The Morgan fingerprint density at radius 1 is 1.44 bits per heavy atom. The van der Waals surface area contributed by atoms with Gasteiger partial charge in [-0.2, -0.15) is 0 Å². The number of hydrogen-bond donors (Lipinski definition) is 1. The first-order valence-corrected chi connectivity index (χ1v) is 6.88. The minimum atomic E-state index is 0.575. The summed E-state index contributed by atoms with van der Waals surface area (Å²) in [5.41, 5.74) is 2.48. The lowest BCUT2D eigenvalue weighted by Gasteiger charge is -2.43. The highest BCUT2D eigenvalue weighted by Crippen LogP contribution is 2.48. The van der Waals surface area contributed by atoms with Gasteiger partial charge in [0.1, 0.15) is 5.75 Å². The number of fused-ring (bicyclic) bond motifs is 3. The maximum atomic E-state index is 6.38. The summed E-state index contributed by atoms with van der Waals surface area (Å²) < 4.78 is 5.56. The van der Waals surface area contributed by atoms with Crippen molar-refractivity contribution in [2.24, 2.45) is 5.92 Å². The summed E-state index contributed by atoms with van der Waals surface area (Å²) >= 11 is 6.38. The van der Waals surface area contributed by atoms with Crippen LogP contribution in [0.4, 0.5) is 5.69 Å². The fourth-order valence-corrected chi connectivity index (χ4v) is 3.73. The van der Waals surface area contributed by atoms with E-state index in [4.69, 9.17) is 16.3 Å². The number of ether oxygens (including phenoxy) is 1. The normalized spacial score (nSPS) is 26.5. The second-order valence-electron chi connectivity index (χ2n) is 5.25. The van der Waals surface area contributed by atoms with E-state index in [1.54, 1.807) is 7.11 Å². The lowest BCUT2D eigenvalue weighted by atomic mass is 9.77. The molecule has 0 radical (unpaired) electrons. The highest BCUT2D eigenvalue weighted by atomic mass is 35.5. The molecular formula is C14H19ClN2O. The maximum Gasteiger partial charge on any atom is 0.124 e. The van der Waals surface area contributed by atoms with Crippen LogP contribution in [0.3, 0.4) is 0 Å². The monoisotopic (exact) mass is 266 g/mol. The first kappa shape index (κ1) is 12.1. The van der Waals surface area contributed by atoms with Gasteiger partial charge in [0.15, 0.2) is 0 Å². The van der Waals surface area contributed by atoms with E-state index >= 15 is 0 Å². The molecule has 0 saturated carbocycles. The van der Waals surface area contributed by atoms with Crippen LogP contribution >= 0.6 is 11.6 Å². The molecule has 0 aromatic heterocycles. The van der Waals surface area contributed by atoms with E-state index in [0.29, 0.717) is 11.8 Å². The smallest absolute Gasteiger partial charge is 0.124 e. The zero-order valence-electron chi connectivity index (χ0n) is 10.9. The summed E-state index contributed by atoms with van der Waals surface area (Å²) in [6.45, 7) is 3.24. The van der Waals surface area contributed by atoms with Crippen LogP contribution in [0, 0.1) is 5.92 Å². The van der Waals surface area contributed by atoms with Gasteiger partial charge in [-0.1, -0.05) is 11.6 Å². The molecule has 1 fully saturated rings. The molecule has 2 aliphatic heterocycles. The Balaban J connectivity index is 2.15. The number of rotatable bonds is 1. The summed E-state index contributed by atoms with van der Waals surface area (Å²) in [5.74, 6) is 2.22. The first-order valence-electron chi connectivity index (χ1n) is 6.50. The number of methoxy groups -OCH3 is 1. The highest BCUT2D eigenvalue weighted by molar-refractivity contribution is 6.33. The Kier molecular flexibility index (Phi) is 3.12. The van der Waals surface area contributed by atoms with E-state index in [1.807, 2.05) is 12.1 Å². The molecule has 1 N–H and O–H groups in total. The van der Waals surface area contributed by atoms with Gasteiger partial charge in [-0.25, -0.2) is 0 Å². The average molecular weight is 267 g/mol. The molecule has 1 aromatic rings. The fraction of sp³-hybridized carbons (Fsp3) is 0.571. The molecule has 0 aliphatic carbocycles. The summed E-state index contributed by atoms with van der Waals surface area (Å²) in [7, 11) is 3.86. The molecule has 1 aromatic carbocycles. The molecule has 2 heterocycles.